The number of hydrogen-bond donors (Lipinski definition) is 0. The summed E-state index contributed by atoms with van der Waals surface area (Å²) < 4.78 is 7.36. The van der Waals surface area contributed by atoms with E-state index in [-0.39, 0.29) is 0 Å². The predicted octanol–water partition coefficient (Wildman–Crippen LogP) is 8.32. The molecule has 28 heavy (non-hydrogen) atoms. The Hall–Kier alpha value is -3.10. The Morgan fingerprint density at radius 1 is 0.536 bits per heavy atom. The highest BCUT2D eigenvalue weighted by molar-refractivity contribution is 9.10. The second-order valence-electron chi connectivity index (χ2n) is 7.15. The van der Waals surface area contributed by atoms with Crippen molar-refractivity contribution in [3.8, 4) is 11.1 Å². The van der Waals surface area contributed by atoms with Gasteiger partial charge in [0.05, 0.1) is 0 Å². The summed E-state index contributed by atoms with van der Waals surface area (Å²) in [5, 5.41) is 7.22. The van der Waals surface area contributed by atoms with E-state index in [0.29, 0.717) is 0 Å². The van der Waals surface area contributed by atoms with E-state index < -0.39 is 0 Å². The predicted molar refractivity (Wildman–Crippen MR) is 122 cm³/mol. The van der Waals surface area contributed by atoms with Crippen LogP contribution in [0.1, 0.15) is 0 Å². The molecule has 1 aromatic heterocycles. The maximum absolute atomic E-state index is 6.25. The Morgan fingerprint density at radius 3 is 2.18 bits per heavy atom. The Morgan fingerprint density at radius 2 is 1.29 bits per heavy atom. The standard InChI is InChI=1S/C26H15BrO/c27-24-10-4-8-20-19(7-3-9-21(20)24)18-11-12-22-23-13-16-5-1-2-6-17(16)14-26(23)28-25(22)15-18/h1-15H. The van der Waals surface area contributed by atoms with Crippen molar-refractivity contribution in [2.45, 2.75) is 0 Å². The Balaban J connectivity index is 1.62. The van der Waals surface area contributed by atoms with Crippen molar-refractivity contribution in [1.29, 1.82) is 0 Å². The molecule has 6 rings (SSSR count). The van der Waals surface area contributed by atoms with Gasteiger partial charge in [-0.1, -0.05) is 76.6 Å². The minimum absolute atomic E-state index is 0.926. The number of halogens is 1. The van der Waals surface area contributed by atoms with Crippen molar-refractivity contribution < 1.29 is 4.42 Å². The van der Waals surface area contributed by atoms with Gasteiger partial charge >= 0.3 is 0 Å². The highest BCUT2D eigenvalue weighted by Crippen LogP contribution is 2.37. The lowest BCUT2D eigenvalue weighted by atomic mass is 9.97. The van der Waals surface area contributed by atoms with Crippen molar-refractivity contribution >= 4 is 59.4 Å². The molecular weight excluding hydrogens is 408 g/mol. The van der Waals surface area contributed by atoms with Crippen LogP contribution in [0.2, 0.25) is 0 Å². The van der Waals surface area contributed by atoms with Gasteiger partial charge in [-0.05, 0) is 63.0 Å². The van der Waals surface area contributed by atoms with Crippen molar-refractivity contribution in [3.05, 3.63) is 95.5 Å². The second-order valence-corrected chi connectivity index (χ2v) is 8.00. The summed E-state index contributed by atoms with van der Waals surface area (Å²) in [6.07, 6.45) is 0. The second kappa shape index (κ2) is 5.95. The zero-order valence-corrected chi connectivity index (χ0v) is 16.5. The monoisotopic (exact) mass is 422 g/mol. The molecule has 1 heterocycles. The Kier molecular flexibility index (Phi) is 3.38. The van der Waals surface area contributed by atoms with Crippen LogP contribution in [-0.4, -0.2) is 0 Å². The van der Waals surface area contributed by atoms with Crippen LogP contribution in [0.5, 0.6) is 0 Å². The Bertz CT molecular complexity index is 1520. The van der Waals surface area contributed by atoms with Gasteiger partial charge in [-0.3, -0.25) is 0 Å². The lowest BCUT2D eigenvalue weighted by molar-refractivity contribution is 0.669. The summed E-state index contributed by atoms with van der Waals surface area (Å²) in [5.41, 5.74) is 4.24. The lowest BCUT2D eigenvalue weighted by Gasteiger charge is -2.08. The average molecular weight is 423 g/mol. The van der Waals surface area contributed by atoms with Crippen molar-refractivity contribution in [3.63, 3.8) is 0 Å². The topological polar surface area (TPSA) is 13.1 Å². The van der Waals surface area contributed by atoms with Gasteiger partial charge in [0.1, 0.15) is 11.2 Å². The van der Waals surface area contributed by atoms with Crippen LogP contribution in [0.4, 0.5) is 0 Å². The summed E-state index contributed by atoms with van der Waals surface area (Å²) >= 11 is 3.67. The van der Waals surface area contributed by atoms with Gasteiger partial charge in [-0.2, -0.15) is 0 Å². The molecule has 0 atom stereocenters. The zero-order valence-electron chi connectivity index (χ0n) is 14.9. The van der Waals surface area contributed by atoms with Gasteiger partial charge in [-0.15, -0.1) is 0 Å². The van der Waals surface area contributed by atoms with Crippen LogP contribution in [0.25, 0.3) is 54.6 Å². The molecule has 0 aliphatic rings. The zero-order chi connectivity index (χ0) is 18.7. The number of benzene rings is 5. The molecule has 0 unspecified atom stereocenters. The molecule has 0 bridgehead atoms. The summed E-state index contributed by atoms with van der Waals surface area (Å²) in [5.74, 6) is 0. The fourth-order valence-corrected chi connectivity index (χ4v) is 4.65. The van der Waals surface area contributed by atoms with Gasteiger partial charge in [0, 0.05) is 15.2 Å². The molecule has 0 saturated carbocycles. The SMILES string of the molecule is Brc1cccc2c(-c3ccc4c(c3)oc3cc5ccccc5cc34)cccc12. The molecule has 5 aromatic carbocycles. The van der Waals surface area contributed by atoms with E-state index in [0.717, 1.165) is 21.0 Å². The molecule has 0 aliphatic carbocycles. The van der Waals surface area contributed by atoms with Crippen LogP contribution in [-0.2, 0) is 0 Å². The molecule has 132 valence electrons. The van der Waals surface area contributed by atoms with Gasteiger partial charge in [0.15, 0.2) is 0 Å². The van der Waals surface area contributed by atoms with E-state index >= 15 is 0 Å². The number of fused-ring (bicyclic) bond motifs is 5. The Labute approximate surface area is 170 Å². The summed E-state index contributed by atoms with van der Waals surface area (Å²) in [6.45, 7) is 0. The molecule has 0 spiro atoms. The van der Waals surface area contributed by atoms with E-state index in [1.165, 1.54) is 38.1 Å². The van der Waals surface area contributed by atoms with Crippen molar-refractivity contribution in [2.75, 3.05) is 0 Å². The molecule has 0 aliphatic heterocycles. The van der Waals surface area contributed by atoms with Crippen molar-refractivity contribution in [1.82, 2.24) is 0 Å². The van der Waals surface area contributed by atoms with E-state index in [2.05, 4.69) is 107 Å². The summed E-state index contributed by atoms with van der Waals surface area (Å²) in [4.78, 5) is 0. The van der Waals surface area contributed by atoms with Crippen LogP contribution < -0.4 is 0 Å². The number of furan rings is 1. The van der Waals surface area contributed by atoms with E-state index in [4.69, 9.17) is 4.42 Å². The highest BCUT2D eigenvalue weighted by Gasteiger charge is 2.11. The maximum Gasteiger partial charge on any atom is 0.136 e. The van der Waals surface area contributed by atoms with Crippen molar-refractivity contribution in [2.24, 2.45) is 0 Å². The van der Waals surface area contributed by atoms with Crippen LogP contribution in [0, 0.1) is 0 Å². The third kappa shape index (κ3) is 2.31. The van der Waals surface area contributed by atoms with Gasteiger partial charge in [0.25, 0.3) is 0 Å². The van der Waals surface area contributed by atoms with E-state index in [9.17, 15) is 0 Å². The van der Waals surface area contributed by atoms with Gasteiger partial charge in [0.2, 0.25) is 0 Å². The molecule has 0 amide bonds. The normalized spacial score (nSPS) is 11.8. The molecular formula is C26H15BrO. The quantitative estimate of drug-likeness (QED) is 0.259. The molecule has 0 radical (unpaired) electrons. The van der Waals surface area contributed by atoms with E-state index in [1.807, 2.05) is 0 Å². The molecule has 2 heteroatoms. The molecule has 0 N–H and O–H groups in total. The first kappa shape index (κ1) is 15.9. The lowest BCUT2D eigenvalue weighted by Crippen LogP contribution is -1.82. The van der Waals surface area contributed by atoms with Gasteiger partial charge < -0.3 is 4.42 Å². The molecule has 6 aromatic rings. The fourth-order valence-electron chi connectivity index (χ4n) is 4.15. The third-order valence-corrected chi connectivity index (χ3v) is 6.21. The minimum Gasteiger partial charge on any atom is -0.456 e. The number of hydrogen-bond acceptors (Lipinski definition) is 1. The first-order valence-electron chi connectivity index (χ1n) is 9.31. The summed E-state index contributed by atoms with van der Waals surface area (Å²) in [7, 11) is 0. The minimum atomic E-state index is 0.926. The number of rotatable bonds is 1. The molecule has 0 fully saturated rings. The van der Waals surface area contributed by atoms with Crippen LogP contribution in [0.3, 0.4) is 0 Å². The average Bonchev–Trinajstić information content (AvgIpc) is 3.08. The smallest absolute Gasteiger partial charge is 0.136 e. The van der Waals surface area contributed by atoms with Crippen LogP contribution >= 0.6 is 15.9 Å². The summed E-state index contributed by atoms with van der Waals surface area (Å²) in [6, 6.07) is 32.1. The maximum atomic E-state index is 6.25. The highest BCUT2D eigenvalue weighted by atomic mass is 79.9. The molecule has 1 nitrogen and oxygen atoms in total. The third-order valence-electron chi connectivity index (χ3n) is 5.52. The first-order valence-corrected chi connectivity index (χ1v) is 10.1. The largest absolute Gasteiger partial charge is 0.456 e. The molecule has 0 saturated heterocycles. The van der Waals surface area contributed by atoms with Crippen LogP contribution in [0.15, 0.2) is 99.9 Å². The van der Waals surface area contributed by atoms with Gasteiger partial charge in [-0.25, -0.2) is 0 Å². The van der Waals surface area contributed by atoms with E-state index in [1.54, 1.807) is 0 Å². The fraction of sp³-hybridized carbons (Fsp3) is 0. The first-order chi connectivity index (χ1) is 13.8.